The maximum Gasteiger partial charge on any atom is 0.142 e. The van der Waals surface area contributed by atoms with Gasteiger partial charge in [0, 0.05) is 23.0 Å². The van der Waals surface area contributed by atoms with E-state index in [1.165, 1.54) is 0 Å². The van der Waals surface area contributed by atoms with Crippen LogP contribution in [0, 0.1) is 0 Å². The molecule has 0 spiro atoms. The lowest BCUT2D eigenvalue weighted by molar-refractivity contribution is 0.308. The third-order valence-corrected chi connectivity index (χ3v) is 2.79. The summed E-state index contributed by atoms with van der Waals surface area (Å²) in [4.78, 5) is 3.90. The van der Waals surface area contributed by atoms with Crippen molar-refractivity contribution >= 4 is 28.9 Å². The molecule has 0 aliphatic carbocycles. The van der Waals surface area contributed by atoms with Crippen LogP contribution in [0.1, 0.15) is 5.56 Å². The summed E-state index contributed by atoms with van der Waals surface area (Å²) in [7, 11) is 0. The Bertz CT molecular complexity index is 532. The van der Waals surface area contributed by atoms with Crippen molar-refractivity contribution < 1.29 is 4.74 Å². The zero-order valence-corrected chi connectivity index (χ0v) is 10.4. The Kier molecular flexibility index (Phi) is 3.71. The number of pyridine rings is 1. The van der Waals surface area contributed by atoms with E-state index in [4.69, 9.17) is 33.7 Å². The highest BCUT2D eigenvalue weighted by atomic mass is 35.5. The second-order valence-electron chi connectivity index (χ2n) is 3.44. The van der Waals surface area contributed by atoms with Crippen LogP contribution < -0.4 is 10.5 Å². The number of rotatable bonds is 3. The number of nitrogens with two attached hydrogens (primary N) is 1. The highest BCUT2D eigenvalue weighted by Crippen LogP contribution is 2.26. The largest absolute Gasteiger partial charge is 0.487 e. The molecule has 0 saturated heterocycles. The van der Waals surface area contributed by atoms with Gasteiger partial charge in [-0.3, -0.25) is 4.98 Å². The van der Waals surface area contributed by atoms with Crippen molar-refractivity contribution in [1.82, 2.24) is 4.98 Å². The smallest absolute Gasteiger partial charge is 0.142 e. The van der Waals surface area contributed by atoms with Crippen molar-refractivity contribution in [3.8, 4) is 5.75 Å². The van der Waals surface area contributed by atoms with Crippen molar-refractivity contribution in [2.75, 3.05) is 5.73 Å². The summed E-state index contributed by atoms with van der Waals surface area (Å²) >= 11 is 11.8. The fourth-order valence-corrected chi connectivity index (χ4v) is 1.68. The van der Waals surface area contributed by atoms with Crippen molar-refractivity contribution in [2.24, 2.45) is 0 Å². The molecule has 0 amide bonds. The van der Waals surface area contributed by atoms with Crippen LogP contribution in [-0.4, -0.2) is 4.98 Å². The summed E-state index contributed by atoms with van der Waals surface area (Å²) in [5.41, 5.74) is 7.13. The predicted octanol–water partition coefficient (Wildman–Crippen LogP) is 3.55. The summed E-state index contributed by atoms with van der Waals surface area (Å²) in [5.74, 6) is 0.585. The zero-order valence-electron chi connectivity index (χ0n) is 8.86. The number of benzene rings is 1. The first-order chi connectivity index (χ1) is 8.16. The van der Waals surface area contributed by atoms with Crippen LogP contribution in [-0.2, 0) is 6.61 Å². The van der Waals surface area contributed by atoms with Crippen LogP contribution in [0.4, 0.5) is 5.69 Å². The lowest BCUT2D eigenvalue weighted by atomic mass is 10.3. The summed E-state index contributed by atoms with van der Waals surface area (Å²) in [6, 6.07) is 6.90. The van der Waals surface area contributed by atoms with Crippen LogP contribution in [0.15, 0.2) is 36.7 Å². The van der Waals surface area contributed by atoms with E-state index in [2.05, 4.69) is 4.98 Å². The molecule has 0 unspecified atom stereocenters. The van der Waals surface area contributed by atoms with Crippen LogP contribution >= 0.6 is 23.2 Å². The Morgan fingerprint density at radius 2 is 2.06 bits per heavy atom. The van der Waals surface area contributed by atoms with Crippen LogP contribution in [0.25, 0.3) is 0 Å². The van der Waals surface area contributed by atoms with Crippen molar-refractivity contribution in [1.29, 1.82) is 0 Å². The summed E-state index contributed by atoms with van der Waals surface area (Å²) in [6.45, 7) is 0.340. The van der Waals surface area contributed by atoms with Gasteiger partial charge in [-0.15, -0.1) is 0 Å². The number of anilines is 1. The normalized spacial score (nSPS) is 10.2. The zero-order chi connectivity index (χ0) is 12.3. The number of hydrogen-bond acceptors (Lipinski definition) is 3. The van der Waals surface area contributed by atoms with Gasteiger partial charge in [-0.05, 0) is 24.3 Å². The van der Waals surface area contributed by atoms with Crippen LogP contribution in [0.2, 0.25) is 10.0 Å². The quantitative estimate of drug-likeness (QED) is 0.867. The van der Waals surface area contributed by atoms with Gasteiger partial charge in [0.1, 0.15) is 12.4 Å². The average molecular weight is 269 g/mol. The van der Waals surface area contributed by atoms with Gasteiger partial charge in [0.25, 0.3) is 0 Å². The molecule has 0 bridgehead atoms. The molecule has 0 saturated carbocycles. The number of aromatic nitrogens is 1. The fraction of sp³-hybridized carbons (Fsp3) is 0.0833. The minimum absolute atomic E-state index is 0.340. The highest BCUT2D eigenvalue weighted by Gasteiger charge is 2.04. The molecular formula is C12H10Cl2N2O. The van der Waals surface area contributed by atoms with Gasteiger partial charge < -0.3 is 10.5 Å². The molecule has 17 heavy (non-hydrogen) atoms. The summed E-state index contributed by atoms with van der Waals surface area (Å²) < 4.78 is 5.56. The van der Waals surface area contributed by atoms with Gasteiger partial charge >= 0.3 is 0 Å². The molecule has 2 rings (SSSR count). The first-order valence-electron chi connectivity index (χ1n) is 4.93. The number of ether oxygens (including phenoxy) is 1. The Morgan fingerprint density at radius 1 is 1.24 bits per heavy atom. The molecule has 0 fully saturated rings. The van der Waals surface area contributed by atoms with Crippen LogP contribution in [0.5, 0.6) is 5.75 Å². The Labute approximate surface area is 109 Å². The van der Waals surface area contributed by atoms with Gasteiger partial charge in [0.15, 0.2) is 0 Å². The minimum Gasteiger partial charge on any atom is -0.487 e. The average Bonchev–Trinajstić information content (AvgIpc) is 2.30. The number of nitrogen functional groups attached to an aromatic ring is 1. The van der Waals surface area contributed by atoms with Gasteiger partial charge in [0.2, 0.25) is 0 Å². The maximum absolute atomic E-state index is 5.96. The van der Waals surface area contributed by atoms with Gasteiger partial charge in [-0.25, -0.2) is 0 Å². The molecule has 1 aromatic heterocycles. The van der Waals surface area contributed by atoms with Gasteiger partial charge in [-0.2, -0.15) is 0 Å². The standard InChI is InChI=1S/C12H10Cl2N2O/c13-9-1-2-12(11(15)5-9)17-7-8-3-4-16-6-10(8)14/h1-6H,7,15H2. The maximum atomic E-state index is 5.96. The van der Waals surface area contributed by atoms with Crippen molar-refractivity contribution in [2.45, 2.75) is 6.61 Å². The van der Waals surface area contributed by atoms with E-state index >= 15 is 0 Å². The first kappa shape index (κ1) is 12.0. The molecule has 5 heteroatoms. The summed E-state index contributed by atoms with van der Waals surface area (Å²) in [5, 5.41) is 1.15. The van der Waals surface area contributed by atoms with E-state index in [0.29, 0.717) is 28.1 Å². The third kappa shape index (κ3) is 3.02. The second-order valence-corrected chi connectivity index (χ2v) is 4.28. The Morgan fingerprint density at radius 3 is 2.76 bits per heavy atom. The molecule has 0 aliphatic rings. The molecule has 1 heterocycles. The van der Waals surface area contributed by atoms with E-state index in [0.717, 1.165) is 5.56 Å². The molecule has 2 aromatic rings. The predicted molar refractivity (Wildman–Crippen MR) is 69.4 cm³/mol. The topological polar surface area (TPSA) is 48.1 Å². The van der Waals surface area contributed by atoms with E-state index in [-0.39, 0.29) is 0 Å². The Balaban J connectivity index is 2.10. The molecule has 0 radical (unpaired) electrons. The van der Waals surface area contributed by atoms with Gasteiger partial charge in [0.05, 0.1) is 10.7 Å². The molecular weight excluding hydrogens is 259 g/mol. The lowest BCUT2D eigenvalue weighted by Gasteiger charge is -2.09. The molecule has 0 atom stereocenters. The van der Waals surface area contributed by atoms with E-state index in [1.54, 1.807) is 36.7 Å². The number of nitrogens with zero attached hydrogens (tertiary/aromatic N) is 1. The van der Waals surface area contributed by atoms with E-state index < -0.39 is 0 Å². The number of halogens is 2. The monoisotopic (exact) mass is 268 g/mol. The lowest BCUT2D eigenvalue weighted by Crippen LogP contribution is -1.99. The highest BCUT2D eigenvalue weighted by molar-refractivity contribution is 6.31. The van der Waals surface area contributed by atoms with Crippen LogP contribution in [0.3, 0.4) is 0 Å². The summed E-state index contributed by atoms with van der Waals surface area (Å²) in [6.07, 6.45) is 3.24. The third-order valence-electron chi connectivity index (χ3n) is 2.21. The van der Waals surface area contributed by atoms with Gasteiger partial charge in [-0.1, -0.05) is 23.2 Å². The van der Waals surface area contributed by atoms with E-state index in [9.17, 15) is 0 Å². The molecule has 2 N–H and O–H groups in total. The van der Waals surface area contributed by atoms with Crippen molar-refractivity contribution in [3.05, 3.63) is 52.3 Å². The fourth-order valence-electron chi connectivity index (χ4n) is 1.33. The SMILES string of the molecule is Nc1cc(Cl)ccc1OCc1ccncc1Cl. The van der Waals surface area contributed by atoms with E-state index in [1.807, 2.05) is 0 Å². The number of hydrogen-bond donors (Lipinski definition) is 1. The molecule has 1 aromatic carbocycles. The molecule has 3 nitrogen and oxygen atoms in total. The first-order valence-corrected chi connectivity index (χ1v) is 5.68. The minimum atomic E-state index is 0.340. The molecule has 88 valence electrons. The Hall–Kier alpha value is -1.45. The van der Waals surface area contributed by atoms with Crippen molar-refractivity contribution in [3.63, 3.8) is 0 Å². The molecule has 0 aliphatic heterocycles. The second kappa shape index (κ2) is 5.25.